The lowest BCUT2D eigenvalue weighted by Gasteiger charge is -2.19. The number of anilines is 1. The molecule has 3 heterocycles. The second kappa shape index (κ2) is 4.06. The second-order valence-corrected chi connectivity index (χ2v) is 5.39. The highest BCUT2D eigenvalue weighted by molar-refractivity contribution is 6.36. The third-order valence-corrected chi connectivity index (χ3v) is 3.96. The van der Waals surface area contributed by atoms with Crippen LogP contribution >= 0.6 is 23.2 Å². The Morgan fingerprint density at radius 1 is 1.25 bits per heavy atom. The number of hydrogen-bond acceptors (Lipinski definition) is 3. The molecule has 0 spiro atoms. The van der Waals surface area contributed by atoms with Crippen LogP contribution < -0.4 is 10.2 Å². The quantitative estimate of drug-likeness (QED) is 0.835. The van der Waals surface area contributed by atoms with Crippen LogP contribution in [0, 0.1) is 11.8 Å². The molecule has 0 saturated carbocycles. The molecule has 2 aliphatic rings. The van der Waals surface area contributed by atoms with Gasteiger partial charge in [0.05, 0.1) is 10.0 Å². The summed E-state index contributed by atoms with van der Waals surface area (Å²) in [5, 5.41) is 4.66. The molecule has 1 N–H and O–H groups in total. The third-order valence-electron chi connectivity index (χ3n) is 3.48. The Hall–Kier alpha value is -0.510. The molecule has 16 heavy (non-hydrogen) atoms. The Morgan fingerprint density at radius 3 is 2.56 bits per heavy atom. The van der Waals surface area contributed by atoms with Crippen molar-refractivity contribution in [3.8, 4) is 0 Å². The fraction of sp³-hybridized carbons (Fsp3) is 0.545. The summed E-state index contributed by atoms with van der Waals surface area (Å²) in [6, 6.07) is 1.76. The van der Waals surface area contributed by atoms with E-state index >= 15 is 0 Å². The first-order valence-electron chi connectivity index (χ1n) is 5.51. The van der Waals surface area contributed by atoms with Crippen molar-refractivity contribution in [2.75, 3.05) is 31.1 Å². The van der Waals surface area contributed by atoms with Crippen LogP contribution in [0.25, 0.3) is 0 Å². The second-order valence-electron chi connectivity index (χ2n) is 4.54. The largest absolute Gasteiger partial charge is 0.355 e. The molecule has 2 aliphatic heterocycles. The van der Waals surface area contributed by atoms with Gasteiger partial charge >= 0.3 is 0 Å². The lowest BCUT2D eigenvalue weighted by atomic mass is 10.0. The molecule has 1 aromatic heterocycles. The van der Waals surface area contributed by atoms with Gasteiger partial charge in [-0.15, -0.1) is 0 Å². The van der Waals surface area contributed by atoms with Crippen LogP contribution in [0.5, 0.6) is 0 Å². The molecule has 5 heteroatoms. The summed E-state index contributed by atoms with van der Waals surface area (Å²) in [5.41, 5.74) is 0. The van der Waals surface area contributed by atoms with E-state index in [1.807, 2.05) is 0 Å². The van der Waals surface area contributed by atoms with Crippen molar-refractivity contribution in [1.29, 1.82) is 0 Å². The first kappa shape index (κ1) is 10.6. The molecular formula is C11H13Cl2N3. The van der Waals surface area contributed by atoms with Gasteiger partial charge in [0.25, 0.3) is 0 Å². The summed E-state index contributed by atoms with van der Waals surface area (Å²) in [4.78, 5) is 6.60. The van der Waals surface area contributed by atoms with Gasteiger partial charge in [-0.25, -0.2) is 4.98 Å². The molecule has 2 unspecified atom stereocenters. The Labute approximate surface area is 105 Å². The van der Waals surface area contributed by atoms with E-state index in [1.54, 1.807) is 12.3 Å². The van der Waals surface area contributed by atoms with E-state index in [1.165, 1.54) is 0 Å². The predicted octanol–water partition coefficient (Wildman–Crippen LogP) is 2.04. The molecule has 3 nitrogen and oxygen atoms in total. The normalized spacial score (nSPS) is 28.5. The van der Waals surface area contributed by atoms with Gasteiger partial charge in [-0.1, -0.05) is 23.2 Å². The number of aromatic nitrogens is 1. The molecule has 0 aliphatic carbocycles. The van der Waals surface area contributed by atoms with E-state index in [-0.39, 0.29) is 0 Å². The van der Waals surface area contributed by atoms with Crippen LogP contribution in [0.3, 0.4) is 0 Å². The number of hydrogen-bond donors (Lipinski definition) is 1. The van der Waals surface area contributed by atoms with Gasteiger partial charge < -0.3 is 10.2 Å². The summed E-state index contributed by atoms with van der Waals surface area (Å²) >= 11 is 12.0. The summed E-state index contributed by atoms with van der Waals surface area (Å²) < 4.78 is 0. The van der Waals surface area contributed by atoms with Crippen LogP contribution in [0.2, 0.25) is 10.0 Å². The number of fused-ring (bicyclic) bond motifs is 1. The van der Waals surface area contributed by atoms with Crippen LogP contribution in [0.4, 0.5) is 5.82 Å². The third kappa shape index (κ3) is 1.77. The monoisotopic (exact) mass is 257 g/mol. The number of nitrogens with zero attached hydrogens (tertiary/aromatic N) is 2. The van der Waals surface area contributed by atoms with Crippen molar-refractivity contribution >= 4 is 29.0 Å². The van der Waals surface area contributed by atoms with Gasteiger partial charge in [-0.05, 0) is 17.9 Å². The molecule has 0 aromatic carbocycles. The van der Waals surface area contributed by atoms with Crippen LogP contribution in [-0.4, -0.2) is 31.2 Å². The molecule has 1 aromatic rings. The van der Waals surface area contributed by atoms with Crippen molar-refractivity contribution in [2.24, 2.45) is 11.8 Å². The molecular weight excluding hydrogens is 245 g/mol. The molecule has 0 amide bonds. The SMILES string of the molecule is Clc1cnc(N2CC3CNCC3C2)c(Cl)c1. The minimum atomic E-state index is 0.592. The Bertz CT molecular complexity index is 398. The van der Waals surface area contributed by atoms with Crippen LogP contribution in [0.1, 0.15) is 0 Å². The van der Waals surface area contributed by atoms with Gasteiger partial charge in [-0.3, -0.25) is 0 Å². The molecule has 0 bridgehead atoms. The lowest BCUT2D eigenvalue weighted by molar-refractivity contribution is 0.533. The number of nitrogens with one attached hydrogen (secondary N) is 1. The minimum Gasteiger partial charge on any atom is -0.355 e. The summed E-state index contributed by atoms with van der Waals surface area (Å²) in [6.45, 7) is 4.33. The topological polar surface area (TPSA) is 28.2 Å². The van der Waals surface area contributed by atoms with Gasteiger partial charge in [-0.2, -0.15) is 0 Å². The fourth-order valence-electron chi connectivity index (χ4n) is 2.67. The Balaban J connectivity index is 1.83. The number of rotatable bonds is 1. The van der Waals surface area contributed by atoms with Crippen molar-refractivity contribution in [3.05, 3.63) is 22.3 Å². The van der Waals surface area contributed by atoms with Crippen LogP contribution in [0.15, 0.2) is 12.3 Å². The van der Waals surface area contributed by atoms with Crippen molar-refractivity contribution in [1.82, 2.24) is 10.3 Å². The first-order valence-corrected chi connectivity index (χ1v) is 6.26. The smallest absolute Gasteiger partial charge is 0.147 e. The molecule has 3 rings (SSSR count). The number of halogens is 2. The van der Waals surface area contributed by atoms with Crippen molar-refractivity contribution in [2.45, 2.75) is 0 Å². The van der Waals surface area contributed by atoms with Crippen molar-refractivity contribution in [3.63, 3.8) is 0 Å². The highest BCUT2D eigenvalue weighted by atomic mass is 35.5. The maximum atomic E-state index is 6.16. The zero-order chi connectivity index (χ0) is 11.1. The molecule has 2 saturated heterocycles. The highest BCUT2D eigenvalue weighted by Gasteiger charge is 2.37. The van der Waals surface area contributed by atoms with Gasteiger partial charge in [0, 0.05) is 32.4 Å². The van der Waals surface area contributed by atoms with E-state index < -0.39 is 0 Å². The van der Waals surface area contributed by atoms with E-state index in [9.17, 15) is 0 Å². The predicted molar refractivity (Wildman–Crippen MR) is 66.3 cm³/mol. The zero-order valence-corrected chi connectivity index (χ0v) is 10.3. The standard InChI is InChI=1S/C11H13Cl2N3/c12-9-1-10(13)11(15-4-9)16-5-7-2-14-3-8(7)6-16/h1,4,7-8,14H,2-3,5-6H2. The zero-order valence-electron chi connectivity index (χ0n) is 8.79. The lowest BCUT2D eigenvalue weighted by Crippen LogP contribution is -2.26. The maximum absolute atomic E-state index is 6.16. The highest BCUT2D eigenvalue weighted by Crippen LogP contribution is 2.33. The van der Waals surface area contributed by atoms with Crippen molar-refractivity contribution < 1.29 is 0 Å². The fourth-order valence-corrected chi connectivity index (χ4v) is 3.17. The van der Waals surface area contributed by atoms with E-state index in [0.717, 1.165) is 43.8 Å². The average molecular weight is 258 g/mol. The van der Waals surface area contributed by atoms with E-state index in [2.05, 4.69) is 15.2 Å². The minimum absolute atomic E-state index is 0.592. The van der Waals surface area contributed by atoms with Crippen LogP contribution in [-0.2, 0) is 0 Å². The molecule has 0 radical (unpaired) electrons. The van der Waals surface area contributed by atoms with Gasteiger partial charge in [0.15, 0.2) is 0 Å². The molecule has 2 fully saturated rings. The van der Waals surface area contributed by atoms with E-state index in [0.29, 0.717) is 10.0 Å². The molecule has 2 atom stereocenters. The average Bonchev–Trinajstić information content (AvgIpc) is 2.76. The Morgan fingerprint density at radius 2 is 1.94 bits per heavy atom. The number of pyridine rings is 1. The van der Waals surface area contributed by atoms with E-state index in [4.69, 9.17) is 23.2 Å². The molecule has 86 valence electrons. The first-order chi connectivity index (χ1) is 7.74. The maximum Gasteiger partial charge on any atom is 0.147 e. The van der Waals surface area contributed by atoms with Gasteiger partial charge in [0.2, 0.25) is 0 Å². The summed E-state index contributed by atoms with van der Waals surface area (Å²) in [7, 11) is 0. The summed E-state index contributed by atoms with van der Waals surface area (Å²) in [5.74, 6) is 2.36. The van der Waals surface area contributed by atoms with Gasteiger partial charge in [0.1, 0.15) is 5.82 Å². The Kier molecular flexibility index (Phi) is 2.70. The summed E-state index contributed by atoms with van der Waals surface area (Å²) in [6.07, 6.45) is 1.66.